The Balaban J connectivity index is 1.48. The number of rotatable bonds is 7. The van der Waals surface area contributed by atoms with Gasteiger partial charge in [0.2, 0.25) is 0 Å². The van der Waals surface area contributed by atoms with Crippen LogP contribution >= 0.6 is 27.3 Å². The number of furan rings is 1. The molecule has 0 saturated heterocycles. The van der Waals surface area contributed by atoms with Gasteiger partial charge in [0, 0.05) is 12.6 Å². The summed E-state index contributed by atoms with van der Waals surface area (Å²) in [5, 5.41) is 5.66. The smallest absolute Gasteiger partial charge is 0.118 e. The summed E-state index contributed by atoms with van der Waals surface area (Å²) >= 11 is 5.23. The van der Waals surface area contributed by atoms with Crippen molar-refractivity contribution < 1.29 is 4.42 Å². The molecule has 3 rings (SSSR count). The van der Waals surface area contributed by atoms with Crippen molar-refractivity contribution in [3.05, 3.63) is 44.4 Å². The van der Waals surface area contributed by atoms with Crippen LogP contribution in [0.2, 0.25) is 0 Å². The fourth-order valence-electron chi connectivity index (χ4n) is 2.20. The predicted octanol–water partition coefficient (Wildman–Crippen LogP) is 3.99. The Bertz CT molecular complexity index is 562. The number of hydrogen-bond acceptors (Lipinski definition) is 4. The van der Waals surface area contributed by atoms with Crippen molar-refractivity contribution in [2.45, 2.75) is 38.5 Å². The maximum absolute atomic E-state index is 5.86. The van der Waals surface area contributed by atoms with Crippen LogP contribution < -0.4 is 5.32 Å². The van der Waals surface area contributed by atoms with Gasteiger partial charge in [-0.1, -0.05) is 0 Å². The lowest BCUT2D eigenvalue weighted by Crippen LogP contribution is -2.16. The second kappa shape index (κ2) is 6.43. The highest BCUT2D eigenvalue weighted by atomic mass is 79.9. The third-order valence-electron chi connectivity index (χ3n) is 3.36. The fourth-order valence-corrected chi connectivity index (χ4v) is 3.40. The minimum Gasteiger partial charge on any atom is -0.463 e. The summed E-state index contributed by atoms with van der Waals surface area (Å²) in [6, 6.07) is 7.07. The molecule has 1 fully saturated rings. The number of hydrogen-bond donors (Lipinski definition) is 1. The molecule has 2 aromatic rings. The van der Waals surface area contributed by atoms with Crippen LogP contribution in [0, 0.1) is 0 Å². The Kier molecular flexibility index (Phi) is 4.61. The van der Waals surface area contributed by atoms with E-state index in [9.17, 15) is 0 Å². The largest absolute Gasteiger partial charge is 0.463 e. The molecule has 0 amide bonds. The summed E-state index contributed by atoms with van der Waals surface area (Å²) < 4.78 is 7.05. The first-order chi connectivity index (χ1) is 9.69. The van der Waals surface area contributed by atoms with Crippen molar-refractivity contribution in [1.82, 2.24) is 10.2 Å². The molecule has 0 bridgehead atoms. The van der Waals surface area contributed by atoms with E-state index in [0.717, 1.165) is 37.2 Å². The maximum Gasteiger partial charge on any atom is 0.118 e. The molecule has 0 atom stereocenters. The number of nitrogens with zero attached hydrogens (tertiary/aromatic N) is 1. The Morgan fingerprint density at radius 3 is 2.85 bits per heavy atom. The maximum atomic E-state index is 5.86. The molecule has 1 N–H and O–H groups in total. The molecule has 5 heteroatoms. The summed E-state index contributed by atoms with van der Waals surface area (Å²) in [6.07, 6.45) is 2.62. The quantitative estimate of drug-likeness (QED) is 0.814. The molecule has 20 heavy (non-hydrogen) atoms. The molecule has 0 unspecified atom stereocenters. The first kappa shape index (κ1) is 14.3. The zero-order valence-electron chi connectivity index (χ0n) is 11.6. The SMILES string of the molecule is CN(Cc1csc(Br)c1)Cc1ccc(CNC2CC2)o1. The van der Waals surface area contributed by atoms with Gasteiger partial charge in [-0.3, -0.25) is 4.90 Å². The molecule has 3 nitrogen and oxygen atoms in total. The van der Waals surface area contributed by atoms with Gasteiger partial charge in [0.25, 0.3) is 0 Å². The van der Waals surface area contributed by atoms with E-state index in [1.165, 1.54) is 22.2 Å². The van der Waals surface area contributed by atoms with E-state index in [-0.39, 0.29) is 0 Å². The van der Waals surface area contributed by atoms with Gasteiger partial charge in [-0.15, -0.1) is 11.3 Å². The fraction of sp³-hybridized carbons (Fsp3) is 0.467. The molecule has 108 valence electrons. The molecule has 0 aromatic carbocycles. The minimum absolute atomic E-state index is 0.725. The number of thiophene rings is 1. The van der Waals surface area contributed by atoms with Crippen LogP contribution in [-0.2, 0) is 19.6 Å². The van der Waals surface area contributed by atoms with Gasteiger partial charge in [-0.25, -0.2) is 0 Å². The molecule has 0 aliphatic heterocycles. The Labute approximate surface area is 132 Å². The topological polar surface area (TPSA) is 28.4 Å². The summed E-state index contributed by atoms with van der Waals surface area (Å²) in [6.45, 7) is 2.64. The van der Waals surface area contributed by atoms with Crippen molar-refractivity contribution >= 4 is 27.3 Å². The standard InChI is InChI=1S/C15H19BrN2OS/c1-18(8-11-6-15(16)20-10-11)9-14-5-4-13(19-14)7-17-12-2-3-12/h4-6,10,12,17H,2-3,7-9H2,1H3. The predicted molar refractivity (Wildman–Crippen MR) is 85.8 cm³/mol. The molecule has 2 heterocycles. The first-order valence-electron chi connectivity index (χ1n) is 6.91. The summed E-state index contributed by atoms with van der Waals surface area (Å²) in [5.41, 5.74) is 1.34. The third-order valence-corrected chi connectivity index (χ3v) is 4.91. The second-order valence-corrected chi connectivity index (χ2v) is 7.75. The summed E-state index contributed by atoms with van der Waals surface area (Å²) in [7, 11) is 2.12. The van der Waals surface area contributed by atoms with Crippen LogP contribution in [-0.4, -0.2) is 18.0 Å². The molecular formula is C15H19BrN2OS. The van der Waals surface area contributed by atoms with Gasteiger partial charge < -0.3 is 9.73 Å². The van der Waals surface area contributed by atoms with Gasteiger partial charge in [0.15, 0.2) is 0 Å². The van der Waals surface area contributed by atoms with Gasteiger partial charge in [0.05, 0.1) is 16.9 Å². The molecule has 1 aliphatic rings. The van der Waals surface area contributed by atoms with Crippen molar-refractivity contribution in [2.24, 2.45) is 0 Å². The van der Waals surface area contributed by atoms with E-state index in [4.69, 9.17) is 4.42 Å². The zero-order chi connectivity index (χ0) is 13.9. The van der Waals surface area contributed by atoms with E-state index in [1.807, 2.05) is 0 Å². The van der Waals surface area contributed by atoms with Gasteiger partial charge in [0.1, 0.15) is 11.5 Å². The average molecular weight is 355 g/mol. The summed E-state index contributed by atoms with van der Waals surface area (Å²) in [5.74, 6) is 2.08. The first-order valence-corrected chi connectivity index (χ1v) is 8.59. The van der Waals surface area contributed by atoms with E-state index in [1.54, 1.807) is 11.3 Å². The minimum atomic E-state index is 0.725. The Morgan fingerprint density at radius 1 is 1.35 bits per heavy atom. The highest BCUT2D eigenvalue weighted by Gasteiger charge is 2.20. The van der Waals surface area contributed by atoms with Crippen molar-refractivity contribution in [3.63, 3.8) is 0 Å². The van der Waals surface area contributed by atoms with E-state index in [2.05, 4.69) is 56.8 Å². The van der Waals surface area contributed by atoms with Crippen LogP contribution in [0.3, 0.4) is 0 Å². The van der Waals surface area contributed by atoms with Crippen molar-refractivity contribution in [2.75, 3.05) is 7.05 Å². The van der Waals surface area contributed by atoms with Crippen molar-refractivity contribution in [1.29, 1.82) is 0 Å². The number of halogens is 1. The molecule has 2 aromatic heterocycles. The normalized spacial score (nSPS) is 15.2. The van der Waals surface area contributed by atoms with E-state index in [0.29, 0.717) is 0 Å². The second-order valence-electron chi connectivity index (χ2n) is 5.45. The van der Waals surface area contributed by atoms with Gasteiger partial charge in [-0.05, 0) is 65.0 Å². The molecule has 0 radical (unpaired) electrons. The van der Waals surface area contributed by atoms with Crippen LogP contribution in [0.1, 0.15) is 29.9 Å². The zero-order valence-corrected chi connectivity index (χ0v) is 14.0. The monoisotopic (exact) mass is 354 g/mol. The van der Waals surface area contributed by atoms with E-state index < -0.39 is 0 Å². The van der Waals surface area contributed by atoms with Gasteiger partial charge in [-0.2, -0.15) is 0 Å². The lowest BCUT2D eigenvalue weighted by Gasteiger charge is -2.13. The van der Waals surface area contributed by atoms with Crippen molar-refractivity contribution in [3.8, 4) is 0 Å². The Hall–Kier alpha value is -0.620. The lowest BCUT2D eigenvalue weighted by atomic mass is 10.3. The van der Waals surface area contributed by atoms with Crippen LogP contribution in [0.25, 0.3) is 0 Å². The Morgan fingerprint density at radius 2 is 2.15 bits per heavy atom. The number of nitrogens with one attached hydrogen (secondary N) is 1. The third kappa shape index (κ3) is 4.19. The highest BCUT2D eigenvalue weighted by molar-refractivity contribution is 9.11. The molecule has 0 spiro atoms. The average Bonchev–Trinajstić information content (AvgIpc) is 3.00. The van der Waals surface area contributed by atoms with Gasteiger partial charge >= 0.3 is 0 Å². The van der Waals surface area contributed by atoms with E-state index >= 15 is 0 Å². The molecule has 1 saturated carbocycles. The molecular weight excluding hydrogens is 336 g/mol. The summed E-state index contributed by atoms with van der Waals surface area (Å²) in [4.78, 5) is 2.27. The van der Waals surface area contributed by atoms with Crippen LogP contribution in [0.5, 0.6) is 0 Å². The lowest BCUT2D eigenvalue weighted by molar-refractivity contribution is 0.283. The molecule has 1 aliphatic carbocycles. The van der Waals surface area contributed by atoms with Crippen LogP contribution in [0.4, 0.5) is 0 Å². The highest BCUT2D eigenvalue weighted by Crippen LogP contribution is 2.22. The van der Waals surface area contributed by atoms with Crippen LogP contribution in [0.15, 0.2) is 31.8 Å².